The number of rotatable bonds is 3. The van der Waals surface area contributed by atoms with Gasteiger partial charge in [-0.15, -0.1) is 0 Å². The van der Waals surface area contributed by atoms with Crippen molar-refractivity contribution in [1.29, 1.82) is 0 Å². The Morgan fingerprint density at radius 3 is 2.31 bits per heavy atom. The zero-order chi connectivity index (χ0) is 9.90. The molecule has 0 unspecified atom stereocenters. The Kier molecular flexibility index (Phi) is 3.07. The van der Waals surface area contributed by atoms with Crippen molar-refractivity contribution in [2.75, 3.05) is 7.11 Å². The van der Waals surface area contributed by atoms with Gasteiger partial charge in [0.2, 0.25) is 0 Å². The van der Waals surface area contributed by atoms with Crippen LogP contribution in [0.1, 0.15) is 19.4 Å². The topological polar surface area (TPSA) is 29.5 Å². The molecule has 1 N–H and O–H groups in total. The normalized spacial score (nSPS) is 17.8. The van der Waals surface area contributed by atoms with Crippen molar-refractivity contribution < 1.29 is 9.84 Å². The minimum atomic E-state index is -0.921. The van der Waals surface area contributed by atoms with Crippen molar-refractivity contribution in [2.24, 2.45) is 0 Å². The highest BCUT2D eigenvalue weighted by Crippen LogP contribution is 2.25. The summed E-state index contributed by atoms with van der Waals surface area (Å²) in [4.78, 5) is 0. The number of hydrogen-bond donors (Lipinski definition) is 1. The van der Waals surface area contributed by atoms with E-state index in [2.05, 4.69) is 0 Å². The summed E-state index contributed by atoms with van der Waals surface area (Å²) in [5.41, 5.74) is -0.0416. The minimum Gasteiger partial charge on any atom is -0.383 e. The van der Waals surface area contributed by atoms with E-state index in [0.717, 1.165) is 5.56 Å². The van der Waals surface area contributed by atoms with Crippen molar-refractivity contribution in [1.82, 2.24) is 0 Å². The maximum Gasteiger partial charge on any atom is 0.113 e. The van der Waals surface area contributed by atoms with E-state index in [-0.39, 0.29) is 6.10 Å². The SMILES string of the molecule is CO[C@H](C)[C@@](C)(O)c1ccccc1. The lowest BCUT2D eigenvalue weighted by atomic mass is 9.91. The van der Waals surface area contributed by atoms with Crippen molar-refractivity contribution in [3.8, 4) is 0 Å². The molecular formula is C11H16O2. The van der Waals surface area contributed by atoms with Gasteiger partial charge in [-0.05, 0) is 19.4 Å². The van der Waals surface area contributed by atoms with Crippen molar-refractivity contribution in [3.63, 3.8) is 0 Å². The Labute approximate surface area is 79.2 Å². The molecule has 0 amide bonds. The van der Waals surface area contributed by atoms with Crippen LogP contribution in [0.3, 0.4) is 0 Å². The fourth-order valence-corrected chi connectivity index (χ4v) is 1.24. The van der Waals surface area contributed by atoms with E-state index >= 15 is 0 Å². The van der Waals surface area contributed by atoms with Crippen LogP contribution in [-0.2, 0) is 10.3 Å². The zero-order valence-electron chi connectivity index (χ0n) is 8.32. The third-order valence-corrected chi connectivity index (χ3v) is 2.50. The number of benzene rings is 1. The third kappa shape index (κ3) is 2.08. The van der Waals surface area contributed by atoms with E-state index in [9.17, 15) is 5.11 Å². The zero-order valence-corrected chi connectivity index (χ0v) is 8.32. The second kappa shape index (κ2) is 3.90. The maximum atomic E-state index is 10.1. The highest BCUT2D eigenvalue weighted by atomic mass is 16.5. The van der Waals surface area contributed by atoms with Gasteiger partial charge >= 0.3 is 0 Å². The molecule has 1 rings (SSSR count). The summed E-state index contributed by atoms with van der Waals surface area (Å²) in [7, 11) is 1.60. The van der Waals surface area contributed by atoms with E-state index in [1.54, 1.807) is 14.0 Å². The molecule has 0 aliphatic carbocycles. The molecule has 0 aliphatic heterocycles. The standard InChI is InChI=1S/C11H16O2/c1-9(13-3)11(2,12)10-7-5-4-6-8-10/h4-9,12H,1-3H3/t9-,11-/m1/s1. The van der Waals surface area contributed by atoms with Crippen LogP contribution in [0.5, 0.6) is 0 Å². The van der Waals surface area contributed by atoms with Gasteiger partial charge < -0.3 is 9.84 Å². The molecule has 0 spiro atoms. The molecule has 1 aromatic carbocycles. The first-order valence-corrected chi connectivity index (χ1v) is 4.39. The van der Waals surface area contributed by atoms with Gasteiger partial charge in [-0.1, -0.05) is 30.3 Å². The van der Waals surface area contributed by atoms with E-state index < -0.39 is 5.60 Å². The summed E-state index contributed by atoms with van der Waals surface area (Å²) < 4.78 is 5.12. The Bertz CT molecular complexity index is 254. The van der Waals surface area contributed by atoms with Crippen LogP contribution < -0.4 is 0 Å². The molecule has 72 valence electrons. The van der Waals surface area contributed by atoms with Gasteiger partial charge in [0.25, 0.3) is 0 Å². The molecule has 0 aromatic heterocycles. The van der Waals surface area contributed by atoms with Gasteiger partial charge in [0.1, 0.15) is 5.60 Å². The van der Waals surface area contributed by atoms with Gasteiger partial charge in [-0.2, -0.15) is 0 Å². The van der Waals surface area contributed by atoms with Gasteiger partial charge in [0, 0.05) is 7.11 Å². The largest absolute Gasteiger partial charge is 0.383 e. The second-order valence-corrected chi connectivity index (χ2v) is 3.39. The number of ether oxygens (including phenoxy) is 1. The first-order chi connectivity index (χ1) is 6.09. The fourth-order valence-electron chi connectivity index (χ4n) is 1.24. The van der Waals surface area contributed by atoms with Crippen molar-refractivity contribution in [3.05, 3.63) is 35.9 Å². The van der Waals surface area contributed by atoms with Crippen LogP contribution in [0, 0.1) is 0 Å². The van der Waals surface area contributed by atoms with Gasteiger partial charge in [-0.3, -0.25) is 0 Å². The number of aliphatic hydroxyl groups is 1. The summed E-state index contributed by atoms with van der Waals surface area (Å²) in [6, 6.07) is 9.54. The lowest BCUT2D eigenvalue weighted by molar-refractivity contribution is -0.0771. The molecule has 2 nitrogen and oxygen atoms in total. The molecule has 0 bridgehead atoms. The maximum absolute atomic E-state index is 10.1. The molecule has 1 aromatic rings. The quantitative estimate of drug-likeness (QED) is 0.770. The molecule has 0 fully saturated rings. The van der Waals surface area contributed by atoms with Gasteiger partial charge in [-0.25, -0.2) is 0 Å². The van der Waals surface area contributed by atoms with Crippen LogP contribution in [-0.4, -0.2) is 18.3 Å². The summed E-state index contributed by atoms with van der Waals surface area (Å²) in [6.07, 6.45) is -0.213. The van der Waals surface area contributed by atoms with Gasteiger partial charge in [0.05, 0.1) is 6.10 Å². The van der Waals surface area contributed by atoms with Gasteiger partial charge in [0.15, 0.2) is 0 Å². The lowest BCUT2D eigenvalue weighted by Gasteiger charge is -2.29. The molecule has 2 heteroatoms. The summed E-state index contributed by atoms with van der Waals surface area (Å²) in [5, 5.41) is 10.1. The van der Waals surface area contributed by atoms with E-state index in [1.165, 1.54) is 0 Å². The summed E-state index contributed by atoms with van der Waals surface area (Å²) in [6.45, 7) is 3.61. The Hall–Kier alpha value is -0.860. The predicted octanol–water partition coefficient (Wildman–Crippen LogP) is 1.93. The monoisotopic (exact) mass is 180 g/mol. The third-order valence-electron chi connectivity index (χ3n) is 2.50. The van der Waals surface area contributed by atoms with Crippen LogP contribution in [0.4, 0.5) is 0 Å². The molecule has 0 saturated carbocycles. The first kappa shape index (κ1) is 10.2. The average molecular weight is 180 g/mol. The molecule has 13 heavy (non-hydrogen) atoms. The molecule has 0 aliphatic rings. The fraction of sp³-hybridized carbons (Fsp3) is 0.455. The molecule has 0 saturated heterocycles. The highest BCUT2D eigenvalue weighted by molar-refractivity contribution is 5.22. The van der Waals surface area contributed by atoms with Crippen molar-refractivity contribution in [2.45, 2.75) is 25.6 Å². The highest BCUT2D eigenvalue weighted by Gasteiger charge is 2.29. The number of methoxy groups -OCH3 is 1. The smallest absolute Gasteiger partial charge is 0.113 e. The molecule has 0 radical (unpaired) electrons. The second-order valence-electron chi connectivity index (χ2n) is 3.39. The Morgan fingerprint density at radius 2 is 1.85 bits per heavy atom. The Morgan fingerprint density at radius 1 is 1.31 bits per heavy atom. The Balaban J connectivity index is 2.93. The first-order valence-electron chi connectivity index (χ1n) is 4.39. The summed E-state index contributed by atoms with van der Waals surface area (Å²) in [5.74, 6) is 0. The predicted molar refractivity (Wildman–Crippen MR) is 52.5 cm³/mol. The average Bonchev–Trinajstić information content (AvgIpc) is 2.18. The molecule has 0 heterocycles. The van der Waals surface area contributed by atoms with Crippen LogP contribution >= 0.6 is 0 Å². The van der Waals surface area contributed by atoms with E-state index in [0.29, 0.717) is 0 Å². The molecular weight excluding hydrogens is 164 g/mol. The van der Waals surface area contributed by atoms with Crippen LogP contribution in [0.25, 0.3) is 0 Å². The van der Waals surface area contributed by atoms with E-state index in [1.807, 2.05) is 37.3 Å². The summed E-state index contributed by atoms with van der Waals surface area (Å²) >= 11 is 0. The number of hydrogen-bond acceptors (Lipinski definition) is 2. The molecule has 2 atom stereocenters. The minimum absolute atomic E-state index is 0.213. The van der Waals surface area contributed by atoms with Crippen LogP contribution in [0.2, 0.25) is 0 Å². The van der Waals surface area contributed by atoms with E-state index in [4.69, 9.17) is 4.74 Å². The lowest BCUT2D eigenvalue weighted by Crippen LogP contribution is -2.35. The van der Waals surface area contributed by atoms with Crippen molar-refractivity contribution >= 4 is 0 Å². The van der Waals surface area contributed by atoms with Crippen LogP contribution in [0.15, 0.2) is 30.3 Å².